The van der Waals surface area contributed by atoms with E-state index in [1.807, 2.05) is 0 Å². The first-order valence-corrected chi connectivity index (χ1v) is 6.53. The number of nitro groups is 1. The van der Waals surface area contributed by atoms with E-state index in [9.17, 15) is 14.9 Å². The van der Waals surface area contributed by atoms with Gasteiger partial charge >= 0.3 is 0 Å². The number of nitrogens with zero attached hydrogens (tertiary/aromatic N) is 2. The molecule has 114 valence electrons. The lowest BCUT2D eigenvalue weighted by Gasteiger charge is -2.09. The second-order valence-electron chi connectivity index (χ2n) is 4.61. The normalized spacial score (nSPS) is 10.1. The maximum absolute atomic E-state index is 11.3. The molecule has 2 aromatic rings. The summed E-state index contributed by atoms with van der Waals surface area (Å²) in [6.45, 7) is 1.74. The highest BCUT2D eigenvalue weighted by Crippen LogP contribution is 2.26. The number of ketones is 1. The van der Waals surface area contributed by atoms with Crippen LogP contribution in [0.15, 0.2) is 36.5 Å². The van der Waals surface area contributed by atoms with E-state index in [2.05, 4.69) is 10.3 Å². The number of benzene rings is 1. The molecule has 0 amide bonds. The first kappa shape index (κ1) is 15.4. The summed E-state index contributed by atoms with van der Waals surface area (Å²) in [5.41, 5.74) is 1.40. The Morgan fingerprint density at radius 2 is 2.14 bits per heavy atom. The largest absolute Gasteiger partial charge is 0.481 e. The lowest BCUT2D eigenvalue weighted by Crippen LogP contribution is -2.04. The van der Waals surface area contributed by atoms with E-state index >= 15 is 0 Å². The molecule has 0 bridgehead atoms. The number of anilines is 1. The van der Waals surface area contributed by atoms with E-state index in [-0.39, 0.29) is 11.5 Å². The first-order chi connectivity index (χ1) is 10.5. The Labute approximate surface area is 127 Å². The zero-order valence-corrected chi connectivity index (χ0v) is 12.2. The van der Waals surface area contributed by atoms with Gasteiger partial charge in [-0.3, -0.25) is 14.9 Å². The highest BCUT2D eigenvalue weighted by molar-refractivity contribution is 5.95. The summed E-state index contributed by atoms with van der Waals surface area (Å²) in [4.78, 5) is 25.9. The Morgan fingerprint density at radius 3 is 2.77 bits per heavy atom. The lowest BCUT2D eigenvalue weighted by atomic mass is 10.1. The third-order valence-corrected chi connectivity index (χ3v) is 3.09. The maximum atomic E-state index is 11.3. The molecule has 1 heterocycles. The molecule has 0 radical (unpaired) electrons. The Hall–Kier alpha value is -2.96. The third-order valence-electron chi connectivity index (χ3n) is 3.09. The molecular weight excluding hydrogens is 286 g/mol. The fourth-order valence-electron chi connectivity index (χ4n) is 1.92. The molecule has 0 saturated carbocycles. The molecule has 7 nitrogen and oxygen atoms in total. The highest BCUT2D eigenvalue weighted by atomic mass is 16.6. The number of aromatic nitrogens is 1. The number of nitro benzene ring substituents is 1. The Morgan fingerprint density at radius 1 is 1.36 bits per heavy atom. The molecule has 1 aromatic heterocycles. The summed E-state index contributed by atoms with van der Waals surface area (Å²) in [6, 6.07) is 7.89. The van der Waals surface area contributed by atoms with Crippen molar-refractivity contribution in [1.82, 2.24) is 4.98 Å². The van der Waals surface area contributed by atoms with Gasteiger partial charge < -0.3 is 10.1 Å². The number of pyridine rings is 1. The van der Waals surface area contributed by atoms with Crippen molar-refractivity contribution >= 4 is 17.2 Å². The zero-order valence-electron chi connectivity index (χ0n) is 12.2. The van der Waals surface area contributed by atoms with Crippen LogP contribution in [0.3, 0.4) is 0 Å². The minimum absolute atomic E-state index is 0.131. The number of carbonyl (C=O) groups is 1. The van der Waals surface area contributed by atoms with Gasteiger partial charge in [-0.15, -0.1) is 0 Å². The molecule has 0 unspecified atom stereocenters. The minimum atomic E-state index is -0.512. The van der Waals surface area contributed by atoms with Gasteiger partial charge in [-0.25, -0.2) is 4.98 Å². The molecule has 2 rings (SSSR count). The van der Waals surface area contributed by atoms with Crippen molar-refractivity contribution in [2.45, 2.75) is 13.5 Å². The molecule has 7 heteroatoms. The van der Waals surface area contributed by atoms with Gasteiger partial charge in [-0.05, 0) is 30.7 Å². The SMILES string of the molecule is COc1cc(CNc2ccc(C(C)=O)cc2[N+](=O)[O-])ccn1. The Balaban J connectivity index is 2.21. The summed E-state index contributed by atoms with van der Waals surface area (Å²) >= 11 is 0. The molecule has 0 aliphatic rings. The molecule has 0 fully saturated rings. The number of methoxy groups -OCH3 is 1. The smallest absolute Gasteiger partial charge is 0.293 e. The zero-order chi connectivity index (χ0) is 16.1. The molecule has 0 saturated heterocycles. The number of rotatable bonds is 6. The molecule has 1 aromatic carbocycles. The van der Waals surface area contributed by atoms with Gasteiger partial charge in [0.2, 0.25) is 5.88 Å². The van der Waals surface area contributed by atoms with Crippen molar-refractivity contribution in [1.29, 1.82) is 0 Å². The standard InChI is InChI=1S/C15H15N3O4/c1-10(19)12-3-4-13(14(8-12)18(20)21)17-9-11-5-6-16-15(7-11)22-2/h3-8,17H,9H2,1-2H3. The van der Waals surface area contributed by atoms with Crippen LogP contribution in [0.4, 0.5) is 11.4 Å². The summed E-state index contributed by atoms with van der Waals surface area (Å²) in [6.07, 6.45) is 1.60. The quantitative estimate of drug-likeness (QED) is 0.501. The summed E-state index contributed by atoms with van der Waals surface area (Å²) in [5, 5.41) is 14.1. The van der Waals surface area contributed by atoms with Gasteiger partial charge in [0, 0.05) is 30.4 Å². The monoisotopic (exact) mass is 301 g/mol. The van der Waals surface area contributed by atoms with E-state index < -0.39 is 4.92 Å². The first-order valence-electron chi connectivity index (χ1n) is 6.53. The maximum Gasteiger partial charge on any atom is 0.293 e. The predicted octanol–water partition coefficient (Wildman–Crippen LogP) is 2.81. The number of carbonyl (C=O) groups excluding carboxylic acids is 1. The minimum Gasteiger partial charge on any atom is -0.481 e. The summed E-state index contributed by atoms with van der Waals surface area (Å²) in [5.74, 6) is 0.259. The van der Waals surface area contributed by atoms with Crippen molar-refractivity contribution in [3.63, 3.8) is 0 Å². The average molecular weight is 301 g/mol. The number of hydrogen-bond acceptors (Lipinski definition) is 6. The fourth-order valence-corrected chi connectivity index (χ4v) is 1.92. The average Bonchev–Trinajstić information content (AvgIpc) is 2.52. The fraction of sp³-hybridized carbons (Fsp3) is 0.200. The molecule has 22 heavy (non-hydrogen) atoms. The van der Waals surface area contributed by atoms with Crippen LogP contribution in [0.5, 0.6) is 5.88 Å². The Kier molecular flexibility index (Phi) is 4.67. The second kappa shape index (κ2) is 6.66. The van der Waals surface area contributed by atoms with Crippen molar-refractivity contribution in [3.05, 3.63) is 57.8 Å². The van der Waals surface area contributed by atoms with Crippen LogP contribution < -0.4 is 10.1 Å². The molecule has 1 N–H and O–H groups in total. The molecule has 0 spiro atoms. The number of nitrogens with one attached hydrogen (secondary N) is 1. The van der Waals surface area contributed by atoms with Crippen LogP contribution >= 0.6 is 0 Å². The number of hydrogen-bond donors (Lipinski definition) is 1. The second-order valence-corrected chi connectivity index (χ2v) is 4.61. The van der Waals surface area contributed by atoms with E-state index in [1.54, 1.807) is 24.4 Å². The van der Waals surface area contributed by atoms with E-state index in [0.29, 0.717) is 23.7 Å². The number of ether oxygens (including phenoxy) is 1. The lowest BCUT2D eigenvalue weighted by molar-refractivity contribution is -0.384. The summed E-state index contributed by atoms with van der Waals surface area (Å²) in [7, 11) is 1.52. The van der Waals surface area contributed by atoms with Crippen LogP contribution in [0.25, 0.3) is 0 Å². The van der Waals surface area contributed by atoms with Gasteiger partial charge in [0.25, 0.3) is 5.69 Å². The van der Waals surface area contributed by atoms with Crippen LogP contribution in [0, 0.1) is 10.1 Å². The van der Waals surface area contributed by atoms with Gasteiger partial charge in [-0.1, -0.05) is 0 Å². The van der Waals surface area contributed by atoms with E-state index in [4.69, 9.17) is 4.74 Å². The van der Waals surface area contributed by atoms with Gasteiger partial charge in [-0.2, -0.15) is 0 Å². The van der Waals surface area contributed by atoms with Crippen LogP contribution in [-0.4, -0.2) is 22.8 Å². The van der Waals surface area contributed by atoms with Gasteiger partial charge in [0.05, 0.1) is 12.0 Å². The van der Waals surface area contributed by atoms with Crippen molar-refractivity contribution < 1.29 is 14.5 Å². The highest BCUT2D eigenvalue weighted by Gasteiger charge is 2.16. The molecule has 0 aliphatic heterocycles. The van der Waals surface area contributed by atoms with Crippen molar-refractivity contribution in [2.24, 2.45) is 0 Å². The van der Waals surface area contributed by atoms with Gasteiger partial charge in [0.1, 0.15) is 5.69 Å². The van der Waals surface area contributed by atoms with Crippen molar-refractivity contribution in [3.8, 4) is 5.88 Å². The predicted molar refractivity (Wildman–Crippen MR) is 81.2 cm³/mol. The summed E-state index contributed by atoms with van der Waals surface area (Å²) < 4.78 is 5.03. The van der Waals surface area contributed by atoms with E-state index in [0.717, 1.165) is 5.56 Å². The number of Topliss-reactive ketones (excluding diaryl/α,β-unsaturated/α-hetero) is 1. The van der Waals surface area contributed by atoms with Crippen LogP contribution in [0.2, 0.25) is 0 Å². The Bertz CT molecular complexity index is 716. The third kappa shape index (κ3) is 3.57. The van der Waals surface area contributed by atoms with Gasteiger partial charge in [0.15, 0.2) is 5.78 Å². The molecule has 0 aliphatic carbocycles. The molecule has 0 atom stereocenters. The van der Waals surface area contributed by atoms with Crippen LogP contribution in [0.1, 0.15) is 22.8 Å². The molecular formula is C15H15N3O4. The van der Waals surface area contributed by atoms with Crippen molar-refractivity contribution in [2.75, 3.05) is 12.4 Å². The van der Waals surface area contributed by atoms with Crippen LogP contribution in [-0.2, 0) is 6.54 Å². The topological polar surface area (TPSA) is 94.4 Å². The van der Waals surface area contributed by atoms with E-state index in [1.165, 1.54) is 26.2 Å².